The van der Waals surface area contributed by atoms with Gasteiger partial charge in [0.1, 0.15) is 6.04 Å². The molecule has 0 aliphatic rings. The van der Waals surface area contributed by atoms with Gasteiger partial charge < -0.3 is 15.4 Å². The summed E-state index contributed by atoms with van der Waals surface area (Å²) in [7, 11) is 0. The smallest absolute Gasteiger partial charge is 0.329 e. The second kappa shape index (κ2) is 11.9. The van der Waals surface area contributed by atoms with Crippen molar-refractivity contribution in [1.82, 2.24) is 10.6 Å². The minimum absolute atomic E-state index is 0.133. The summed E-state index contributed by atoms with van der Waals surface area (Å²) in [4.78, 5) is 37.4. The van der Waals surface area contributed by atoms with Gasteiger partial charge in [-0.15, -0.1) is 0 Å². The minimum atomic E-state index is -0.956. The van der Waals surface area contributed by atoms with E-state index in [1.165, 1.54) is 6.92 Å². The summed E-state index contributed by atoms with van der Waals surface area (Å²) in [6.45, 7) is 7.63. The van der Waals surface area contributed by atoms with Crippen molar-refractivity contribution in [2.24, 2.45) is 5.92 Å². The summed E-state index contributed by atoms with van der Waals surface area (Å²) in [5.41, 5.74) is 1.98. The zero-order valence-electron chi connectivity index (χ0n) is 18.6. The van der Waals surface area contributed by atoms with Gasteiger partial charge in [-0.25, -0.2) is 4.79 Å². The van der Waals surface area contributed by atoms with Crippen LogP contribution in [0.15, 0.2) is 60.7 Å². The van der Waals surface area contributed by atoms with Gasteiger partial charge in [0.25, 0.3) is 5.91 Å². The number of esters is 1. The number of ether oxygens (including phenoxy) is 1. The Kier molecular flexibility index (Phi) is 9.25. The fourth-order valence-corrected chi connectivity index (χ4v) is 3.10. The van der Waals surface area contributed by atoms with Crippen LogP contribution >= 0.6 is 0 Å². The molecule has 0 saturated heterocycles. The van der Waals surface area contributed by atoms with E-state index in [4.69, 9.17) is 4.74 Å². The van der Waals surface area contributed by atoms with Gasteiger partial charge >= 0.3 is 5.97 Å². The lowest BCUT2D eigenvalue weighted by molar-refractivity contribution is -0.158. The Bertz CT molecular complexity index is 852. The predicted molar refractivity (Wildman–Crippen MR) is 120 cm³/mol. The summed E-state index contributed by atoms with van der Waals surface area (Å²) in [6, 6.07) is 18.3. The first kappa shape index (κ1) is 24.1. The third-order valence-electron chi connectivity index (χ3n) is 5.06. The van der Waals surface area contributed by atoms with Gasteiger partial charge in [0.2, 0.25) is 5.91 Å². The van der Waals surface area contributed by atoms with Gasteiger partial charge in [0.15, 0.2) is 6.10 Å². The number of hydrogen-bond acceptors (Lipinski definition) is 4. The van der Waals surface area contributed by atoms with Crippen molar-refractivity contribution >= 4 is 17.8 Å². The summed E-state index contributed by atoms with van der Waals surface area (Å²) in [5.74, 6) is -1.30. The highest BCUT2D eigenvalue weighted by molar-refractivity contribution is 5.88. The maximum atomic E-state index is 12.6. The van der Waals surface area contributed by atoms with Gasteiger partial charge in [0, 0.05) is 6.54 Å². The van der Waals surface area contributed by atoms with E-state index >= 15 is 0 Å². The summed E-state index contributed by atoms with van der Waals surface area (Å²) in [5, 5.41) is 5.56. The first-order valence-corrected chi connectivity index (χ1v) is 10.6. The third-order valence-corrected chi connectivity index (χ3v) is 5.06. The number of carbonyl (C=O) groups excluding carboxylic acids is 3. The van der Waals surface area contributed by atoms with Crippen LogP contribution in [-0.2, 0) is 25.5 Å². The minimum Gasteiger partial charge on any atom is -0.451 e. The van der Waals surface area contributed by atoms with E-state index < -0.39 is 18.1 Å². The van der Waals surface area contributed by atoms with Crippen LogP contribution in [0.3, 0.4) is 0 Å². The van der Waals surface area contributed by atoms with Crippen molar-refractivity contribution in [1.29, 1.82) is 0 Å². The van der Waals surface area contributed by atoms with Crippen LogP contribution in [0.1, 0.15) is 44.7 Å². The van der Waals surface area contributed by atoms with E-state index in [1.54, 1.807) is 0 Å². The van der Waals surface area contributed by atoms with Gasteiger partial charge in [-0.05, 0) is 29.9 Å². The van der Waals surface area contributed by atoms with E-state index in [0.29, 0.717) is 6.54 Å². The molecule has 0 radical (unpaired) electrons. The Labute approximate surface area is 184 Å². The molecule has 31 heavy (non-hydrogen) atoms. The molecular weight excluding hydrogens is 392 g/mol. The molecule has 0 unspecified atom stereocenters. The topological polar surface area (TPSA) is 84.5 Å². The van der Waals surface area contributed by atoms with Crippen LogP contribution in [0.5, 0.6) is 0 Å². The second-order valence-electron chi connectivity index (χ2n) is 8.09. The van der Waals surface area contributed by atoms with Crippen molar-refractivity contribution in [2.45, 2.75) is 52.2 Å². The molecule has 2 amide bonds. The van der Waals surface area contributed by atoms with Crippen molar-refractivity contribution < 1.29 is 19.1 Å². The van der Waals surface area contributed by atoms with Crippen molar-refractivity contribution in [3.8, 4) is 0 Å². The zero-order chi connectivity index (χ0) is 22.8. The van der Waals surface area contributed by atoms with Crippen LogP contribution in [0.4, 0.5) is 0 Å². The maximum absolute atomic E-state index is 12.6. The lowest BCUT2D eigenvalue weighted by atomic mass is 10.0. The van der Waals surface area contributed by atoms with Crippen LogP contribution in [0.2, 0.25) is 0 Å². The maximum Gasteiger partial charge on any atom is 0.329 e. The molecule has 0 aromatic heterocycles. The molecule has 0 spiro atoms. The summed E-state index contributed by atoms with van der Waals surface area (Å²) >= 11 is 0. The fraction of sp³-hybridized carbons (Fsp3) is 0.400. The SMILES string of the molecule is CC(C)[C@H](NC(=O)Cc1ccccc1)C(=O)O[C@H](C)C(=O)NC[C@H](C)c1ccccc1. The highest BCUT2D eigenvalue weighted by Gasteiger charge is 2.29. The molecule has 6 heteroatoms. The normalized spacial score (nSPS) is 13.7. The monoisotopic (exact) mass is 424 g/mol. The molecule has 0 saturated carbocycles. The second-order valence-corrected chi connectivity index (χ2v) is 8.09. The zero-order valence-corrected chi connectivity index (χ0v) is 18.6. The number of hydrogen-bond donors (Lipinski definition) is 2. The van der Waals surface area contributed by atoms with Crippen LogP contribution in [0.25, 0.3) is 0 Å². The van der Waals surface area contributed by atoms with Crippen molar-refractivity contribution in [2.75, 3.05) is 6.54 Å². The van der Waals surface area contributed by atoms with Gasteiger partial charge in [-0.3, -0.25) is 9.59 Å². The molecule has 2 rings (SSSR count). The number of benzene rings is 2. The van der Waals surface area contributed by atoms with Gasteiger partial charge in [-0.2, -0.15) is 0 Å². The standard InChI is InChI=1S/C25H32N2O4/c1-17(2)23(27-22(28)15-20-11-7-5-8-12-20)25(30)31-19(4)24(29)26-16-18(3)21-13-9-6-10-14-21/h5-14,17-19,23H,15-16H2,1-4H3,(H,26,29)(H,27,28)/t18-,19+,23-/m0/s1. The molecule has 6 nitrogen and oxygen atoms in total. The molecule has 0 heterocycles. The molecule has 0 aliphatic heterocycles. The fourth-order valence-electron chi connectivity index (χ4n) is 3.10. The molecule has 2 aromatic carbocycles. The summed E-state index contributed by atoms with van der Waals surface area (Å²) < 4.78 is 5.36. The third kappa shape index (κ3) is 7.89. The Morgan fingerprint density at radius 2 is 1.45 bits per heavy atom. The number of carbonyl (C=O) groups is 3. The van der Waals surface area contributed by atoms with E-state index in [-0.39, 0.29) is 30.1 Å². The lowest BCUT2D eigenvalue weighted by Crippen LogP contribution is -2.48. The van der Waals surface area contributed by atoms with Gasteiger partial charge in [0.05, 0.1) is 6.42 Å². The highest BCUT2D eigenvalue weighted by atomic mass is 16.5. The molecule has 3 atom stereocenters. The van der Waals surface area contributed by atoms with Gasteiger partial charge in [-0.1, -0.05) is 81.4 Å². The van der Waals surface area contributed by atoms with Crippen LogP contribution in [0, 0.1) is 5.92 Å². The van der Waals surface area contributed by atoms with Crippen molar-refractivity contribution in [3.05, 3.63) is 71.8 Å². The van der Waals surface area contributed by atoms with Crippen LogP contribution in [-0.4, -0.2) is 36.5 Å². The Hall–Kier alpha value is -3.15. The first-order valence-electron chi connectivity index (χ1n) is 10.6. The van der Waals surface area contributed by atoms with E-state index in [2.05, 4.69) is 10.6 Å². The Morgan fingerprint density at radius 3 is 2.03 bits per heavy atom. The summed E-state index contributed by atoms with van der Waals surface area (Å²) in [6.07, 6.45) is -0.784. The van der Waals surface area contributed by atoms with Crippen LogP contribution < -0.4 is 10.6 Å². The molecule has 0 bridgehead atoms. The molecular formula is C25H32N2O4. The lowest BCUT2D eigenvalue weighted by Gasteiger charge is -2.23. The average Bonchev–Trinajstić information content (AvgIpc) is 2.76. The molecule has 2 aromatic rings. The predicted octanol–water partition coefficient (Wildman–Crippen LogP) is 3.22. The number of rotatable bonds is 10. The van der Waals surface area contributed by atoms with E-state index in [0.717, 1.165) is 11.1 Å². The Balaban J connectivity index is 1.86. The molecule has 0 aliphatic carbocycles. The molecule has 0 fully saturated rings. The molecule has 2 N–H and O–H groups in total. The largest absolute Gasteiger partial charge is 0.451 e. The quantitative estimate of drug-likeness (QED) is 0.574. The highest BCUT2D eigenvalue weighted by Crippen LogP contribution is 2.13. The van der Waals surface area contributed by atoms with E-state index in [9.17, 15) is 14.4 Å². The number of amides is 2. The first-order chi connectivity index (χ1) is 14.8. The average molecular weight is 425 g/mol. The molecule has 166 valence electrons. The number of nitrogens with one attached hydrogen (secondary N) is 2. The Morgan fingerprint density at radius 1 is 0.871 bits per heavy atom. The van der Waals surface area contributed by atoms with Crippen molar-refractivity contribution in [3.63, 3.8) is 0 Å². The van der Waals surface area contributed by atoms with E-state index in [1.807, 2.05) is 81.4 Å².